The van der Waals surface area contributed by atoms with Crippen molar-refractivity contribution in [3.63, 3.8) is 0 Å². The van der Waals surface area contributed by atoms with E-state index in [9.17, 15) is 4.79 Å². The highest BCUT2D eigenvalue weighted by atomic mass is 35.5. The van der Waals surface area contributed by atoms with Crippen LogP contribution in [0.25, 0.3) is 0 Å². The van der Waals surface area contributed by atoms with Crippen LogP contribution in [0.4, 0.5) is 5.82 Å². The lowest BCUT2D eigenvalue weighted by atomic mass is 10.3. The van der Waals surface area contributed by atoms with E-state index in [1.54, 1.807) is 6.92 Å². The van der Waals surface area contributed by atoms with Crippen molar-refractivity contribution in [2.75, 3.05) is 11.1 Å². The summed E-state index contributed by atoms with van der Waals surface area (Å²) < 4.78 is 6.08. The summed E-state index contributed by atoms with van der Waals surface area (Å²) in [6.07, 6.45) is 1.48. The summed E-state index contributed by atoms with van der Waals surface area (Å²) in [5.41, 5.74) is 0.672. The van der Waals surface area contributed by atoms with Crippen molar-refractivity contribution in [3.8, 4) is 5.19 Å². The molecule has 2 aromatic heterocycles. The van der Waals surface area contributed by atoms with Gasteiger partial charge in [-0.3, -0.25) is 4.79 Å². The van der Waals surface area contributed by atoms with Crippen LogP contribution in [0.1, 0.15) is 19.4 Å². The Morgan fingerprint density at radius 1 is 1.43 bits per heavy atom. The molecule has 2 rings (SSSR count). The van der Waals surface area contributed by atoms with Crippen molar-refractivity contribution >= 4 is 58.0 Å². The van der Waals surface area contributed by atoms with Crippen molar-refractivity contribution in [3.05, 3.63) is 21.8 Å². The lowest BCUT2D eigenvalue weighted by Gasteiger charge is -2.08. The topological polar surface area (TPSA) is 77.0 Å². The average molecular weight is 393 g/mol. The molecule has 6 nitrogen and oxygen atoms in total. The van der Waals surface area contributed by atoms with E-state index in [2.05, 4.69) is 20.5 Å². The molecule has 0 unspecified atom stereocenters. The fourth-order valence-electron chi connectivity index (χ4n) is 1.44. The Balaban J connectivity index is 1.90. The molecular weight excluding hydrogens is 379 g/mol. The van der Waals surface area contributed by atoms with Gasteiger partial charge >= 0.3 is 0 Å². The zero-order valence-corrected chi connectivity index (χ0v) is 15.7. The molecule has 0 saturated carbocycles. The Labute approximate surface area is 152 Å². The highest BCUT2D eigenvalue weighted by Crippen LogP contribution is 2.30. The van der Waals surface area contributed by atoms with Gasteiger partial charge in [-0.1, -0.05) is 40.1 Å². The Morgan fingerprint density at radius 3 is 2.87 bits per heavy atom. The van der Waals surface area contributed by atoms with Gasteiger partial charge in [0.1, 0.15) is 0 Å². The second kappa shape index (κ2) is 8.14. The predicted octanol–water partition coefficient (Wildman–Crippen LogP) is 4.07. The van der Waals surface area contributed by atoms with Gasteiger partial charge < -0.3 is 10.1 Å². The Hall–Kier alpha value is -1.09. The lowest BCUT2D eigenvalue weighted by Crippen LogP contribution is -2.15. The maximum atomic E-state index is 12.0. The van der Waals surface area contributed by atoms with Gasteiger partial charge in [0.2, 0.25) is 5.91 Å². The molecule has 2 aromatic rings. The molecule has 0 radical (unpaired) electrons. The molecule has 23 heavy (non-hydrogen) atoms. The minimum Gasteiger partial charge on any atom is -0.466 e. The van der Waals surface area contributed by atoms with Gasteiger partial charge in [-0.15, -0.1) is 5.10 Å². The van der Waals surface area contributed by atoms with E-state index in [4.69, 9.17) is 27.9 Å². The van der Waals surface area contributed by atoms with Crippen molar-refractivity contribution in [2.45, 2.75) is 31.2 Å². The van der Waals surface area contributed by atoms with Gasteiger partial charge in [-0.05, 0) is 37.7 Å². The number of hydrogen-bond donors (Lipinski definition) is 1. The zero-order valence-electron chi connectivity index (χ0n) is 12.6. The number of ether oxygens (including phenoxy) is 1. The second-order valence-corrected chi connectivity index (χ2v) is 7.68. The van der Waals surface area contributed by atoms with Crippen molar-refractivity contribution < 1.29 is 9.53 Å². The van der Waals surface area contributed by atoms with Gasteiger partial charge in [0.05, 0.1) is 21.9 Å². The van der Waals surface area contributed by atoms with Crippen molar-refractivity contribution in [2.24, 2.45) is 0 Å². The van der Waals surface area contributed by atoms with Crippen LogP contribution in [-0.2, 0) is 4.79 Å². The van der Waals surface area contributed by atoms with Crippen LogP contribution in [0.2, 0.25) is 10.0 Å². The first-order valence-electron chi connectivity index (χ1n) is 6.60. The molecule has 0 aromatic carbocycles. The van der Waals surface area contributed by atoms with Gasteiger partial charge in [0, 0.05) is 6.20 Å². The number of pyridine rings is 1. The van der Waals surface area contributed by atoms with Crippen LogP contribution in [0, 0.1) is 6.92 Å². The van der Waals surface area contributed by atoms with E-state index in [1.165, 1.54) is 29.3 Å². The van der Waals surface area contributed by atoms with E-state index in [-0.39, 0.29) is 17.8 Å². The maximum absolute atomic E-state index is 12.0. The third kappa shape index (κ3) is 5.20. The third-order valence-corrected chi connectivity index (χ3v) is 5.30. The maximum Gasteiger partial charge on any atom is 0.295 e. The molecule has 0 fully saturated rings. The van der Waals surface area contributed by atoms with Gasteiger partial charge in [0.15, 0.2) is 10.2 Å². The highest BCUT2D eigenvalue weighted by Gasteiger charge is 2.13. The summed E-state index contributed by atoms with van der Waals surface area (Å²) in [4.78, 5) is 16.0. The molecule has 124 valence electrons. The molecule has 0 atom stereocenters. The zero-order chi connectivity index (χ0) is 17.0. The van der Waals surface area contributed by atoms with Gasteiger partial charge in [-0.25, -0.2) is 4.98 Å². The van der Waals surface area contributed by atoms with E-state index >= 15 is 0 Å². The predicted molar refractivity (Wildman–Crippen MR) is 94.0 cm³/mol. The number of nitrogens with zero attached hydrogens (tertiary/aromatic N) is 3. The SMILES string of the molecule is Cc1c(Cl)cnc(NC(=O)CSc2nnc(OC(C)C)s2)c1Cl. The average Bonchev–Trinajstić information content (AvgIpc) is 2.92. The first kappa shape index (κ1) is 18.3. The number of carbonyl (C=O) groups excluding carboxylic acids is 1. The number of hydrogen-bond acceptors (Lipinski definition) is 7. The summed E-state index contributed by atoms with van der Waals surface area (Å²) in [6.45, 7) is 5.58. The molecule has 2 heterocycles. The molecule has 0 aliphatic rings. The molecule has 0 aliphatic carbocycles. The summed E-state index contributed by atoms with van der Waals surface area (Å²) >= 11 is 14.6. The van der Waals surface area contributed by atoms with E-state index in [0.717, 1.165) is 0 Å². The quantitative estimate of drug-likeness (QED) is 0.746. The fourth-order valence-corrected chi connectivity index (χ4v) is 3.44. The molecule has 0 aliphatic heterocycles. The smallest absolute Gasteiger partial charge is 0.295 e. The second-order valence-electron chi connectivity index (χ2n) is 4.73. The number of rotatable bonds is 6. The third-order valence-electron chi connectivity index (χ3n) is 2.51. The summed E-state index contributed by atoms with van der Waals surface area (Å²) in [7, 11) is 0. The molecule has 1 N–H and O–H groups in total. The highest BCUT2D eigenvalue weighted by molar-refractivity contribution is 8.01. The molecule has 0 saturated heterocycles. The minimum absolute atomic E-state index is 0.0328. The number of nitrogens with one attached hydrogen (secondary N) is 1. The summed E-state index contributed by atoms with van der Waals surface area (Å²) in [5, 5.41) is 11.8. The Morgan fingerprint density at radius 2 is 2.17 bits per heavy atom. The molecule has 0 bridgehead atoms. The fraction of sp³-hybridized carbons (Fsp3) is 0.385. The van der Waals surface area contributed by atoms with Gasteiger partial charge in [-0.2, -0.15) is 0 Å². The van der Waals surface area contributed by atoms with Gasteiger partial charge in [0.25, 0.3) is 5.19 Å². The van der Waals surface area contributed by atoms with Crippen LogP contribution in [-0.4, -0.2) is 32.9 Å². The number of halogens is 2. The molecule has 1 amide bonds. The Kier molecular flexibility index (Phi) is 6.46. The normalized spacial score (nSPS) is 10.9. The minimum atomic E-state index is -0.243. The van der Waals surface area contributed by atoms with E-state index in [0.29, 0.717) is 31.0 Å². The number of anilines is 1. The Bertz CT molecular complexity index is 709. The number of carbonyl (C=O) groups is 1. The monoisotopic (exact) mass is 392 g/mol. The van der Waals surface area contributed by atoms with Crippen LogP contribution in [0.5, 0.6) is 5.19 Å². The summed E-state index contributed by atoms with van der Waals surface area (Å²) in [5.74, 6) is 0.212. The van der Waals surface area contributed by atoms with Crippen LogP contribution in [0.15, 0.2) is 10.5 Å². The van der Waals surface area contributed by atoms with Crippen molar-refractivity contribution in [1.29, 1.82) is 0 Å². The lowest BCUT2D eigenvalue weighted by molar-refractivity contribution is -0.113. The molecule has 0 spiro atoms. The first-order chi connectivity index (χ1) is 10.9. The van der Waals surface area contributed by atoms with Crippen molar-refractivity contribution in [1.82, 2.24) is 15.2 Å². The number of aromatic nitrogens is 3. The van der Waals surface area contributed by atoms with Crippen LogP contribution in [0.3, 0.4) is 0 Å². The largest absolute Gasteiger partial charge is 0.466 e. The van der Waals surface area contributed by atoms with E-state index < -0.39 is 0 Å². The molecule has 10 heteroatoms. The number of thioether (sulfide) groups is 1. The van der Waals surface area contributed by atoms with Crippen LogP contribution >= 0.6 is 46.3 Å². The standard InChI is InChI=1S/C13H14Cl2N4O2S2/c1-6(2)21-12-18-19-13(23-12)22-5-9(20)17-11-10(15)7(3)8(14)4-16-11/h4,6H,5H2,1-3H3,(H,16,17,20). The van der Waals surface area contributed by atoms with Crippen LogP contribution < -0.4 is 10.1 Å². The molecular formula is C13H14Cl2N4O2S2. The number of amides is 1. The summed E-state index contributed by atoms with van der Waals surface area (Å²) in [6, 6.07) is 0. The van der Waals surface area contributed by atoms with E-state index in [1.807, 2.05) is 13.8 Å². The first-order valence-corrected chi connectivity index (χ1v) is 9.16.